The smallest absolute Gasteiger partial charge is 0.181 e. The SMILES string of the molecule is Cc1ocnc1CSCCC(C)N. The zero-order valence-corrected chi connectivity index (χ0v) is 8.93. The van der Waals surface area contributed by atoms with Crippen molar-refractivity contribution in [2.75, 3.05) is 5.75 Å². The van der Waals surface area contributed by atoms with Gasteiger partial charge in [-0.05, 0) is 26.0 Å². The molecule has 1 unspecified atom stereocenters. The fraction of sp³-hybridized carbons (Fsp3) is 0.667. The molecule has 1 rings (SSSR count). The van der Waals surface area contributed by atoms with Crippen molar-refractivity contribution in [1.29, 1.82) is 0 Å². The molecule has 74 valence electrons. The third-order valence-electron chi connectivity index (χ3n) is 1.80. The number of aryl methyl sites for hydroxylation is 1. The molecule has 1 atom stereocenters. The summed E-state index contributed by atoms with van der Waals surface area (Å²) in [6, 6.07) is 0.297. The van der Waals surface area contributed by atoms with E-state index in [1.807, 2.05) is 25.6 Å². The Balaban J connectivity index is 2.17. The fourth-order valence-corrected chi connectivity index (χ4v) is 2.06. The molecule has 0 spiro atoms. The molecule has 0 radical (unpaired) electrons. The van der Waals surface area contributed by atoms with E-state index >= 15 is 0 Å². The number of nitrogens with two attached hydrogens (primary N) is 1. The number of oxazole rings is 1. The predicted octanol–water partition coefficient (Wildman–Crippen LogP) is 1.95. The Morgan fingerprint density at radius 1 is 1.69 bits per heavy atom. The maximum Gasteiger partial charge on any atom is 0.181 e. The second kappa shape index (κ2) is 5.29. The van der Waals surface area contributed by atoms with Gasteiger partial charge in [0.05, 0.1) is 5.69 Å². The molecule has 0 saturated carbocycles. The predicted molar refractivity (Wildman–Crippen MR) is 55.7 cm³/mol. The van der Waals surface area contributed by atoms with Gasteiger partial charge in [-0.3, -0.25) is 0 Å². The second-order valence-electron chi connectivity index (χ2n) is 3.17. The van der Waals surface area contributed by atoms with E-state index < -0.39 is 0 Å². The monoisotopic (exact) mass is 200 g/mol. The number of nitrogens with zero attached hydrogens (tertiary/aromatic N) is 1. The molecule has 1 aromatic rings. The highest BCUT2D eigenvalue weighted by atomic mass is 32.2. The third kappa shape index (κ3) is 3.83. The van der Waals surface area contributed by atoms with Crippen molar-refractivity contribution in [1.82, 2.24) is 4.98 Å². The van der Waals surface area contributed by atoms with Crippen molar-refractivity contribution < 1.29 is 4.42 Å². The van der Waals surface area contributed by atoms with E-state index in [1.165, 1.54) is 6.39 Å². The minimum Gasteiger partial charge on any atom is -0.448 e. The molecule has 0 saturated heterocycles. The zero-order valence-electron chi connectivity index (χ0n) is 8.12. The van der Waals surface area contributed by atoms with Gasteiger partial charge in [0.1, 0.15) is 5.76 Å². The highest BCUT2D eigenvalue weighted by Gasteiger charge is 2.02. The quantitative estimate of drug-likeness (QED) is 0.738. The lowest BCUT2D eigenvalue weighted by molar-refractivity contribution is 0.525. The van der Waals surface area contributed by atoms with E-state index in [4.69, 9.17) is 10.2 Å². The standard InChI is InChI=1S/C9H16N2OS/c1-7(10)3-4-13-5-9-8(2)12-6-11-9/h6-7H,3-5,10H2,1-2H3. The maximum absolute atomic E-state index is 5.63. The molecular formula is C9H16N2OS. The first-order chi connectivity index (χ1) is 6.20. The maximum atomic E-state index is 5.63. The van der Waals surface area contributed by atoms with Gasteiger partial charge in [-0.25, -0.2) is 4.98 Å². The third-order valence-corrected chi connectivity index (χ3v) is 2.80. The Bertz CT molecular complexity index is 248. The average Bonchev–Trinajstić information content (AvgIpc) is 2.45. The Morgan fingerprint density at radius 2 is 2.46 bits per heavy atom. The van der Waals surface area contributed by atoms with E-state index in [0.29, 0.717) is 6.04 Å². The Kier molecular flexibility index (Phi) is 4.32. The Morgan fingerprint density at radius 3 is 3.00 bits per heavy atom. The molecule has 0 bridgehead atoms. The van der Waals surface area contributed by atoms with Gasteiger partial charge in [-0.1, -0.05) is 0 Å². The van der Waals surface area contributed by atoms with Gasteiger partial charge in [-0.15, -0.1) is 0 Å². The van der Waals surface area contributed by atoms with Gasteiger partial charge >= 0.3 is 0 Å². The van der Waals surface area contributed by atoms with Crippen LogP contribution < -0.4 is 5.73 Å². The lowest BCUT2D eigenvalue weighted by atomic mass is 10.3. The molecule has 0 aliphatic carbocycles. The zero-order chi connectivity index (χ0) is 9.68. The van der Waals surface area contributed by atoms with Crippen LogP contribution in [0.25, 0.3) is 0 Å². The second-order valence-corrected chi connectivity index (χ2v) is 4.28. The fourth-order valence-electron chi connectivity index (χ4n) is 0.905. The number of aromatic nitrogens is 1. The molecule has 0 aromatic carbocycles. The molecule has 13 heavy (non-hydrogen) atoms. The summed E-state index contributed by atoms with van der Waals surface area (Å²) in [4.78, 5) is 4.11. The van der Waals surface area contributed by atoms with Crippen LogP contribution in [0, 0.1) is 6.92 Å². The minimum absolute atomic E-state index is 0.297. The van der Waals surface area contributed by atoms with Crippen molar-refractivity contribution in [3.63, 3.8) is 0 Å². The van der Waals surface area contributed by atoms with Crippen molar-refractivity contribution >= 4 is 11.8 Å². The van der Waals surface area contributed by atoms with Gasteiger partial charge in [0.15, 0.2) is 6.39 Å². The van der Waals surface area contributed by atoms with E-state index in [1.54, 1.807) is 0 Å². The van der Waals surface area contributed by atoms with Crippen LogP contribution in [0.1, 0.15) is 24.8 Å². The minimum atomic E-state index is 0.297. The van der Waals surface area contributed by atoms with Crippen molar-refractivity contribution in [3.8, 4) is 0 Å². The molecule has 0 aliphatic rings. The molecule has 0 fully saturated rings. The number of hydrogen-bond donors (Lipinski definition) is 1. The molecule has 0 amide bonds. The summed E-state index contributed by atoms with van der Waals surface area (Å²) in [5.74, 6) is 2.94. The molecule has 2 N–H and O–H groups in total. The Labute approximate surface area is 83.1 Å². The van der Waals surface area contributed by atoms with Gasteiger partial charge in [-0.2, -0.15) is 11.8 Å². The summed E-state index contributed by atoms with van der Waals surface area (Å²) in [6.07, 6.45) is 2.55. The first-order valence-electron chi connectivity index (χ1n) is 4.42. The van der Waals surface area contributed by atoms with Crippen LogP contribution in [0.5, 0.6) is 0 Å². The van der Waals surface area contributed by atoms with Crippen LogP contribution in [0.2, 0.25) is 0 Å². The van der Waals surface area contributed by atoms with Crippen molar-refractivity contribution in [2.24, 2.45) is 5.73 Å². The van der Waals surface area contributed by atoms with Gasteiger partial charge in [0.2, 0.25) is 0 Å². The van der Waals surface area contributed by atoms with Crippen LogP contribution in [0.15, 0.2) is 10.8 Å². The molecule has 1 aromatic heterocycles. The molecule has 0 aliphatic heterocycles. The van der Waals surface area contributed by atoms with E-state index in [2.05, 4.69) is 4.98 Å². The first-order valence-corrected chi connectivity index (χ1v) is 5.58. The summed E-state index contributed by atoms with van der Waals surface area (Å²) in [5.41, 5.74) is 6.68. The first kappa shape index (κ1) is 10.6. The number of thioether (sulfide) groups is 1. The van der Waals surface area contributed by atoms with Crippen molar-refractivity contribution in [2.45, 2.75) is 32.1 Å². The average molecular weight is 200 g/mol. The number of rotatable bonds is 5. The molecule has 4 heteroatoms. The normalized spacial score (nSPS) is 13.2. The van der Waals surface area contributed by atoms with Crippen LogP contribution >= 0.6 is 11.8 Å². The summed E-state index contributed by atoms with van der Waals surface area (Å²) in [6.45, 7) is 3.97. The lowest BCUT2D eigenvalue weighted by Gasteiger charge is -2.03. The van der Waals surface area contributed by atoms with Crippen LogP contribution in [-0.2, 0) is 5.75 Å². The molecular weight excluding hydrogens is 184 g/mol. The summed E-state index contributed by atoms with van der Waals surface area (Å²) >= 11 is 1.85. The topological polar surface area (TPSA) is 52.0 Å². The van der Waals surface area contributed by atoms with E-state index in [9.17, 15) is 0 Å². The van der Waals surface area contributed by atoms with Crippen LogP contribution in [0.4, 0.5) is 0 Å². The summed E-state index contributed by atoms with van der Waals surface area (Å²) in [5, 5.41) is 0. The van der Waals surface area contributed by atoms with Gasteiger partial charge in [0, 0.05) is 11.8 Å². The highest BCUT2D eigenvalue weighted by Crippen LogP contribution is 2.15. The van der Waals surface area contributed by atoms with Crippen LogP contribution in [0.3, 0.4) is 0 Å². The van der Waals surface area contributed by atoms with E-state index in [0.717, 1.165) is 29.4 Å². The van der Waals surface area contributed by atoms with Gasteiger partial charge < -0.3 is 10.2 Å². The summed E-state index contributed by atoms with van der Waals surface area (Å²) in [7, 11) is 0. The Hall–Kier alpha value is -0.480. The van der Waals surface area contributed by atoms with Gasteiger partial charge in [0.25, 0.3) is 0 Å². The van der Waals surface area contributed by atoms with Crippen molar-refractivity contribution in [3.05, 3.63) is 17.8 Å². The lowest BCUT2D eigenvalue weighted by Crippen LogP contribution is -2.15. The largest absolute Gasteiger partial charge is 0.448 e. The van der Waals surface area contributed by atoms with E-state index in [-0.39, 0.29) is 0 Å². The summed E-state index contributed by atoms with van der Waals surface area (Å²) < 4.78 is 5.09. The molecule has 3 nitrogen and oxygen atoms in total. The number of hydrogen-bond acceptors (Lipinski definition) is 4. The van der Waals surface area contributed by atoms with Crippen LogP contribution in [-0.4, -0.2) is 16.8 Å². The molecule has 1 heterocycles. The highest BCUT2D eigenvalue weighted by molar-refractivity contribution is 7.98.